The van der Waals surface area contributed by atoms with Crippen LogP contribution in [0.5, 0.6) is 0 Å². The molecule has 0 aliphatic heterocycles. The first kappa shape index (κ1) is 18.9. The minimum atomic E-state index is -0.834. The van der Waals surface area contributed by atoms with Crippen molar-refractivity contribution in [2.45, 2.75) is 32.0 Å². The second-order valence-electron chi connectivity index (χ2n) is 7.14. The molecule has 2 nitrogen and oxygen atoms in total. The van der Waals surface area contributed by atoms with Crippen LogP contribution in [0.3, 0.4) is 0 Å². The van der Waals surface area contributed by atoms with Gasteiger partial charge in [-0.25, -0.2) is 0 Å². The maximum atomic E-state index is 9.80. The highest BCUT2D eigenvalue weighted by Crippen LogP contribution is 2.41. The van der Waals surface area contributed by atoms with Crippen LogP contribution in [0.15, 0.2) is 91.0 Å². The van der Waals surface area contributed by atoms with Crippen LogP contribution >= 0.6 is 0 Å². The first-order chi connectivity index (χ1) is 13.2. The summed E-state index contributed by atoms with van der Waals surface area (Å²) in [5.41, 5.74) is 2.23. The number of rotatable bonds is 7. The molecule has 0 aromatic heterocycles. The molecular weight excluding hydrogens is 330 g/mol. The van der Waals surface area contributed by atoms with Gasteiger partial charge < -0.3 is 4.74 Å². The molecule has 0 heterocycles. The Kier molecular flexibility index (Phi) is 6.06. The Bertz CT molecular complexity index is 770. The summed E-state index contributed by atoms with van der Waals surface area (Å²) in [5.74, 6) is 0.370. The van der Waals surface area contributed by atoms with Crippen LogP contribution in [0.25, 0.3) is 0 Å². The van der Waals surface area contributed by atoms with Crippen LogP contribution in [0.1, 0.15) is 37.0 Å². The Balaban J connectivity index is 2.24. The van der Waals surface area contributed by atoms with E-state index in [2.05, 4.69) is 56.3 Å². The maximum Gasteiger partial charge on any atom is 0.146 e. The first-order valence-corrected chi connectivity index (χ1v) is 9.41. The second-order valence-corrected chi connectivity index (χ2v) is 7.14. The highest BCUT2D eigenvalue weighted by molar-refractivity contribution is 5.47. The lowest BCUT2D eigenvalue weighted by molar-refractivity contribution is -0.0287. The van der Waals surface area contributed by atoms with Crippen LogP contribution < -0.4 is 0 Å². The Morgan fingerprint density at radius 1 is 0.741 bits per heavy atom. The molecule has 3 rings (SSSR count). The third-order valence-electron chi connectivity index (χ3n) is 4.69. The molecule has 1 unspecified atom stereocenters. The summed E-state index contributed by atoms with van der Waals surface area (Å²) in [6, 6.07) is 32.9. The zero-order valence-electron chi connectivity index (χ0n) is 15.9. The van der Waals surface area contributed by atoms with Gasteiger partial charge in [0, 0.05) is 0 Å². The predicted molar refractivity (Wildman–Crippen MR) is 109 cm³/mol. The fourth-order valence-corrected chi connectivity index (χ4v) is 3.49. The van der Waals surface area contributed by atoms with Gasteiger partial charge in [0.1, 0.15) is 11.7 Å². The minimum Gasteiger partial charge on any atom is -0.343 e. The van der Waals surface area contributed by atoms with Gasteiger partial charge in [-0.1, -0.05) is 105 Å². The van der Waals surface area contributed by atoms with Crippen molar-refractivity contribution in [2.24, 2.45) is 5.92 Å². The van der Waals surface area contributed by atoms with Gasteiger partial charge in [0.15, 0.2) is 0 Å². The third-order valence-corrected chi connectivity index (χ3v) is 4.69. The third kappa shape index (κ3) is 4.10. The van der Waals surface area contributed by atoms with E-state index in [1.165, 1.54) is 0 Å². The van der Waals surface area contributed by atoms with E-state index in [4.69, 9.17) is 4.74 Å². The lowest BCUT2D eigenvalue weighted by Gasteiger charge is -2.37. The van der Waals surface area contributed by atoms with Gasteiger partial charge in [-0.3, -0.25) is 0 Å². The zero-order valence-corrected chi connectivity index (χ0v) is 15.9. The Morgan fingerprint density at radius 2 is 1.11 bits per heavy atom. The van der Waals surface area contributed by atoms with Crippen LogP contribution in [0.2, 0.25) is 0 Å². The summed E-state index contributed by atoms with van der Waals surface area (Å²) in [5, 5.41) is 9.80. The lowest BCUT2D eigenvalue weighted by Crippen LogP contribution is -2.37. The highest BCUT2D eigenvalue weighted by atomic mass is 16.5. The van der Waals surface area contributed by atoms with Gasteiger partial charge >= 0.3 is 0 Å². The molecule has 0 spiro atoms. The number of nitriles is 1. The number of hydrogen-bond donors (Lipinski definition) is 0. The molecule has 0 amide bonds. The second kappa shape index (κ2) is 8.66. The molecule has 1 atom stereocenters. The van der Waals surface area contributed by atoms with Crippen LogP contribution in [-0.2, 0) is 10.3 Å². The molecule has 0 N–H and O–H groups in total. The quantitative estimate of drug-likeness (QED) is 0.492. The van der Waals surface area contributed by atoms with Crippen molar-refractivity contribution in [3.63, 3.8) is 0 Å². The largest absolute Gasteiger partial charge is 0.343 e. The van der Waals surface area contributed by atoms with Gasteiger partial charge in [0.2, 0.25) is 0 Å². The highest BCUT2D eigenvalue weighted by Gasteiger charge is 2.39. The predicted octanol–water partition coefficient (Wildman–Crippen LogP) is 5.93. The standard InChI is InChI=1S/C25H25NO/c1-20(2)18-24(19-26)27-25(21-12-6-3-7-13-21,22-14-8-4-9-15-22)23-16-10-5-11-17-23/h3-17,20,24H,18H2,1-2H3. The van der Waals surface area contributed by atoms with Crippen LogP contribution in [0, 0.1) is 17.2 Å². The molecular formula is C25H25NO. The summed E-state index contributed by atoms with van der Waals surface area (Å²) in [6.45, 7) is 4.23. The number of nitrogens with zero attached hydrogens (tertiary/aromatic N) is 1. The molecule has 0 aliphatic carbocycles. The SMILES string of the molecule is CC(C)CC(C#N)OC(c1ccccc1)(c1ccccc1)c1ccccc1. The monoisotopic (exact) mass is 355 g/mol. The molecule has 3 aromatic rings. The van der Waals surface area contributed by atoms with Crippen molar-refractivity contribution in [2.75, 3.05) is 0 Å². The fraction of sp³-hybridized carbons (Fsp3) is 0.240. The van der Waals surface area contributed by atoms with Gasteiger partial charge in [-0.2, -0.15) is 5.26 Å². The van der Waals surface area contributed by atoms with Crippen LogP contribution in [-0.4, -0.2) is 6.10 Å². The fourth-order valence-electron chi connectivity index (χ4n) is 3.49. The minimum absolute atomic E-state index is 0.370. The van der Waals surface area contributed by atoms with E-state index < -0.39 is 11.7 Å². The molecule has 0 fully saturated rings. The van der Waals surface area contributed by atoms with E-state index in [0.717, 1.165) is 16.7 Å². The normalized spacial score (nSPS) is 12.5. The Morgan fingerprint density at radius 3 is 1.41 bits per heavy atom. The van der Waals surface area contributed by atoms with Crippen molar-refractivity contribution in [1.82, 2.24) is 0 Å². The van der Waals surface area contributed by atoms with Crippen molar-refractivity contribution >= 4 is 0 Å². The van der Waals surface area contributed by atoms with Gasteiger partial charge in [0.05, 0.1) is 6.07 Å². The summed E-state index contributed by atoms with van der Waals surface area (Å²) in [6.07, 6.45) is 0.177. The smallest absolute Gasteiger partial charge is 0.146 e. The average Bonchev–Trinajstić information content (AvgIpc) is 2.73. The van der Waals surface area contributed by atoms with E-state index in [9.17, 15) is 5.26 Å². The Hall–Kier alpha value is -2.89. The van der Waals surface area contributed by atoms with Crippen molar-refractivity contribution in [3.05, 3.63) is 108 Å². The molecule has 0 bridgehead atoms. The first-order valence-electron chi connectivity index (χ1n) is 9.41. The molecule has 0 radical (unpaired) electrons. The lowest BCUT2D eigenvalue weighted by atomic mass is 9.79. The van der Waals surface area contributed by atoms with Gasteiger partial charge in [-0.15, -0.1) is 0 Å². The summed E-state index contributed by atoms with van der Waals surface area (Å²) in [7, 11) is 0. The van der Waals surface area contributed by atoms with Crippen molar-refractivity contribution in [3.8, 4) is 6.07 Å². The molecule has 0 aliphatic rings. The van der Waals surface area contributed by atoms with E-state index in [-0.39, 0.29) is 0 Å². The van der Waals surface area contributed by atoms with E-state index in [1.54, 1.807) is 0 Å². The zero-order chi connectivity index (χ0) is 19.1. The Labute approximate surface area is 162 Å². The molecule has 0 saturated carbocycles. The summed E-state index contributed by atoms with van der Waals surface area (Å²) >= 11 is 0. The number of ether oxygens (including phenoxy) is 1. The van der Waals surface area contributed by atoms with Crippen LogP contribution in [0.4, 0.5) is 0 Å². The maximum absolute atomic E-state index is 9.80. The van der Waals surface area contributed by atoms with Crippen molar-refractivity contribution < 1.29 is 4.74 Å². The van der Waals surface area contributed by atoms with E-state index in [1.807, 2.05) is 54.6 Å². The van der Waals surface area contributed by atoms with E-state index >= 15 is 0 Å². The number of benzene rings is 3. The summed E-state index contributed by atoms with van der Waals surface area (Å²) < 4.78 is 6.70. The summed E-state index contributed by atoms with van der Waals surface area (Å²) in [4.78, 5) is 0. The van der Waals surface area contributed by atoms with Crippen molar-refractivity contribution in [1.29, 1.82) is 5.26 Å². The van der Waals surface area contributed by atoms with Gasteiger partial charge in [0.25, 0.3) is 0 Å². The topological polar surface area (TPSA) is 33.0 Å². The molecule has 136 valence electrons. The number of hydrogen-bond acceptors (Lipinski definition) is 2. The molecule has 3 aromatic carbocycles. The molecule has 0 saturated heterocycles. The van der Waals surface area contributed by atoms with E-state index in [0.29, 0.717) is 12.3 Å². The molecule has 27 heavy (non-hydrogen) atoms. The average molecular weight is 355 g/mol. The molecule has 2 heteroatoms. The van der Waals surface area contributed by atoms with Gasteiger partial charge in [-0.05, 0) is 29.0 Å².